The van der Waals surface area contributed by atoms with Crippen LogP contribution in [0, 0.1) is 11.6 Å². The summed E-state index contributed by atoms with van der Waals surface area (Å²) in [5, 5.41) is 6.12. The minimum atomic E-state index is -0.796. The van der Waals surface area contributed by atoms with Gasteiger partial charge in [0.2, 0.25) is 5.91 Å². The van der Waals surface area contributed by atoms with Crippen molar-refractivity contribution in [3.8, 4) is 0 Å². The number of nitrogens with one attached hydrogen (secondary N) is 2. The van der Waals surface area contributed by atoms with Gasteiger partial charge < -0.3 is 20.3 Å². The van der Waals surface area contributed by atoms with Crippen molar-refractivity contribution in [1.82, 2.24) is 10.6 Å². The summed E-state index contributed by atoms with van der Waals surface area (Å²) in [5.74, 6) is -1.93. The zero-order valence-electron chi connectivity index (χ0n) is 19.8. The zero-order chi connectivity index (χ0) is 24.4. The van der Waals surface area contributed by atoms with Gasteiger partial charge in [0, 0.05) is 36.5 Å². The Hall–Kier alpha value is -3.35. The molecule has 1 atom stereocenters. The molecule has 0 aromatic heterocycles. The molecule has 0 bridgehead atoms. The minimum Gasteiger partial charge on any atom is -0.479 e. The number of rotatable bonds is 8. The monoisotopic (exact) mass is 479 g/mol. The van der Waals surface area contributed by atoms with E-state index >= 15 is 8.78 Å². The highest BCUT2D eigenvalue weighted by atomic mass is 19.1. The topological polar surface area (TPSA) is 53.6 Å². The molecule has 1 aliphatic carbocycles. The SMILES string of the molecule is C=C(NC1CN(c2cc(F)c(C3CCC(=C4CCC4)NC3=O)c(F)c2)C1)OCCc1ccccc1. The Balaban J connectivity index is 1.12. The largest absolute Gasteiger partial charge is 0.479 e. The molecule has 3 aliphatic rings. The molecule has 3 fully saturated rings. The Labute approximate surface area is 204 Å². The lowest BCUT2D eigenvalue weighted by atomic mass is 9.83. The third-order valence-corrected chi connectivity index (χ3v) is 7.19. The lowest BCUT2D eigenvalue weighted by molar-refractivity contribution is -0.123. The van der Waals surface area contributed by atoms with E-state index in [0.717, 1.165) is 31.4 Å². The van der Waals surface area contributed by atoms with Gasteiger partial charge in [0.05, 0.1) is 18.6 Å². The van der Waals surface area contributed by atoms with Crippen LogP contribution in [0.2, 0.25) is 0 Å². The third-order valence-electron chi connectivity index (χ3n) is 7.19. The van der Waals surface area contributed by atoms with E-state index in [1.54, 1.807) is 0 Å². The van der Waals surface area contributed by atoms with Crippen LogP contribution in [0.5, 0.6) is 0 Å². The average Bonchev–Trinajstić information content (AvgIpc) is 2.76. The Morgan fingerprint density at radius 2 is 1.83 bits per heavy atom. The normalized spacial score (nSPS) is 20.1. The van der Waals surface area contributed by atoms with Crippen molar-refractivity contribution >= 4 is 11.6 Å². The molecule has 184 valence electrons. The number of nitrogens with zero attached hydrogens (tertiary/aromatic N) is 1. The zero-order valence-corrected chi connectivity index (χ0v) is 19.8. The number of carbonyl (C=O) groups excluding carboxylic acids is 1. The van der Waals surface area contributed by atoms with E-state index in [4.69, 9.17) is 4.74 Å². The molecule has 2 saturated heterocycles. The fourth-order valence-electron chi connectivity index (χ4n) is 4.99. The molecule has 5 rings (SSSR count). The Kier molecular flexibility index (Phi) is 6.75. The fourth-order valence-corrected chi connectivity index (χ4v) is 4.99. The van der Waals surface area contributed by atoms with Crippen molar-refractivity contribution in [2.75, 3.05) is 24.6 Å². The van der Waals surface area contributed by atoms with Gasteiger partial charge in [-0.2, -0.15) is 0 Å². The number of ether oxygens (including phenoxy) is 1. The molecule has 35 heavy (non-hydrogen) atoms. The summed E-state index contributed by atoms with van der Waals surface area (Å²) in [6.45, 7) is 5.61. The molecule has 5 nitrogen and oxygen atoms in total. The number of amides is 1. The summed E-state index contributed by atoms with van der Waals surface area (Å²) in [7, 11) is 0. The predicted octanol–water partition coefficient (Wildman–Crippen LogP) is 4.91. The van der Waals surface area contributed by atoms with E-state index in [9.17, 15) is 4.79 Å². The lowest BCUT2D eigenvalue weighted by Crippen LogP contribution is -2.58. The maximum Gasteiger partial charge on any atom is 0.231 e. The summed E-state index contributed by atoms with van der Waals surface area (Å²) in [5.41, 5.74) is 3.78. The van der Waals surface area contributed by atoms with Crippen LogP contribution in [0.3, 0.4) is 0 Å². The fraction of sp³-hybridized carbons (Fsp3) is 0.393. The molecule has 1 amide bonds. The van der Waals surface area contributed by atoms with E-state index in [-0.39, 0.29) is 17.5 Å². The van der Waals surface area contributed by atoms with Crippen LogP contribution in [0.1, 0.15) is 49.1 Å². The molecule has 2 aliphatic heterocycles. The Bertz CT molecular complexity index is 1110. The number of benzene rings is 2. The first-order valence-electron chi connectivity index (χ1n) is 12.4. The maximum atomic E-state index is 15.0. The molecule has 2 heterocycles. The van der Waals surface area contributed by atoms with Crippen LogP contribution < -0.4 is 15.5 Å². The second-order valence-corrected chi connectivity index (χ2v) is 9.59. The second kappa shape index (κ2) is 10.1. The average molecular weight is 480 g/mol. The van der Waals surface area contributed by atoms with Crippen LogP contribution in [0.4, 0.5) is 14.5 Å². The maximum absolute atomic E-state index is 15.0. The number of hydrogen-bond donors (Lipinski definition) is 2. The standard InChI is InChI=1S/C28H31F2N3O2/c1-18(35-13-12-19-6-3-2-4-7-19)31-21-16-33(17-21)22-14-24(29)27(25(30)15-22)23-10-11-26(32-28(23)34)20-8-5-9-20/h2-4,6-7,14-15,21,23,31H,1,5,8-13,16-17H2,(H,32,34). The second-order valence-electron chi connectivity index (χ2n) is 9.59. The summed E-state index contributed by atoms with van der Waals surface area (Å²) in [4.78, 5) is 14.5. The highest BCUT2D eigenvalue weighted by Gasteiger charge is 2.34. The van der Waals surface area contributed by atoms with E-state index in [0.29, 0.717) is 44.1 Å². The van der Waals surface area contributed by atoms with Gasteiger partial charge >= 0.3 is 0 Å². The highest BCUT2D eigenvalue weighted by molar-refractivity contribution is 5.86. The van der Waals surface area contributed by atoms with Gasteiger partial charge in [-0.1, -0.05) is 35.9 Å². The van der Waals surface area contributed by atoms with Gasteiger partial charge in [-0.3, -0.25) is 4.79 Å². The van der Waals surface area contributed by atoms with E-state index in [1.165, 1.54) is 23.3 Å². The van der Waals surface area contributed by atoms with Gasteiger partial charge in [-0.25, -0.2) is 8.78 Å². The summed E-state index contributed by atoms with van der Waals surface area (Å²) in [6, 6.07) is 12.9. The van der Waals surface area contributed by atoms with Crippen LogP contribution in [-0.2, 0) is 16.0 Å². The first-order valence-corrected chi connectivity index (χ1v) is 12.4. The van der Waals surface area contributed by atoms with Crippen molar-refractivity contribution in [3.05, 3.63) is 89.0 Å². The van der Waals surface area contributed by atoms with Crippen molar-refractivity contribution in [3.63, 3.8) is 0 Å². The van der Waals surface area contributed by atoms with Crippen LogP contribution >= 0.6 is 0 Å². The molecule has 1 unspecified atom stereocenters. The summed E-state index contributed by atoms with van der Waals surface area (Å²) < 4.78 is 35.7. The van der Waals surface area contributed by atoms with Crippen molar-refractivity contribution in [1.29, 1.82) is 0 Å². The quantitative estimate of drug-likeness (QED) is 0.529. The predicted molar refractivity (Wildman–Crippen MR) is 132 cm³/mol. The van der Waals surface area contributed by atoms with E-state index < -0.39 is 17.6 Å². The van der Waals surface area contributed by atoms with Gasteiger partial charge in [0.1, 0.15) is 11.6 Å². The van der Waals surface area contributed by atoms with Crippen molar-refractivity contribution < 1.29 is 18.3 Å². The number of carbonyl (C=O) groups is 1. The summed E-state index contributed by atoms with van der Waals surface area (Å²) in [6.07, 6.45) is 5.04. The molecule has 2 N–H and O–H groups in total. The van der Waals surface area contributed by atoms with Gasteiger partial charge in [0.25, 0.3) is 0 Å². The molecule has 0 radical (unpaired) electrons. The van der Waals surface area contributed by atoms with E-state index in [1.807, 2.05) is 23.1 Å². The lowest BCUT2D eigenvalue weighted by Gasteiger charge is -2.42. The Morgan fingerprint density at radius 3 is 2.46 bits per heavy atom. The molecule has 1 saturated carbocycles. The van der Waals surface area contributed by atoms with Gasteiger partial charge in [0.15, 0.2) is 5.88 Å². The van der Waals surface area contributed by atoms with Gasteiger partial charge in [-0.05, 0) is 56.4 Å². The number of anilines is 1. The number of halogens is 2. The van der Waals surface area contributed by atoms with Crippen molar-refractivity contribution in [2.45, 2.75) is 50.5 Å². The summed E-state index contributed by atoms with van der Waals surface area (Å²) >= 11 is 0. The first-order chi connectivity index (χ1) is 17.0. The number of piperidine rings is 1. The van der Waals surface area contributed by atoms with Gasteiger partial charge in [-0.15, -0.1) is 0 Å². The number of hydrogen-bond acceptors (Lipinski definition) is 4. The molecule has 2 aromatic rings. The third kappa shape index (κ3) is 5.19. The van der Waals surface area contributed by atoms with E-state index in [2.05, 4.69) is 29.3 Å². The number of allylic oxidation sites excluding steroid dienone is 2. The molecule has 2 aromatic carbocycles. The molecular formula is C28H31F2N3O2. The van der Waals surface area contributed by atoms with Crippen LogP contribution in [0.25, 0.3) is 0 Å². The van der Waals surface area contributed by atoms with Crippen molar-refractivity contribution in [2.24, 2.45) is 0 Å². The van der Waals surface area contributed by atoms with Crippen LogP contribution in [0.15, 0.2) is 66.2 Å². The van der Waals surface area contributed by atoms with Crippen LogP contribution in [-0.4, -0.2) is 31.6 Å². The minimum absolute atomic E-state index is 0.0899. The molecular weight excluding hydrogens is 448 g/mol. The Morgan fingerprint density at radius 1 is 1.11 bits per heavy atom. The first kappa shape index (κ1) is 23.4. The smallest absolute Gasteiger partial charge is 0.231 e. The highest BCUT2D eigenvalue weighted by Crippen LogP contribution is 2.37. The molecule has 0 spiro atoms. The molecule has 7 heteroatoms.